The molecular weight excluding hydrogens is 341 g/mol. The van der Waals surface area contributed by atoms with Crippen LogP contribution in [0.5, 0.6) is 0 Å². The molecule has 10 heteroatoms. The standard InChI is InChI=1S/C14H8FN3O5S/c15-10-5-8(1-2-11(10)18(20)21)14(19)22-6-12-16-13(23-17-12)9-3-4-24-7-9/h1-5,7H,6H2. The van der Waals surface area contributed by atoms with Gasteiger partial charge in [0.15, 0.2) is 6.61 Å². The molecule has 0 unspecified atom stereocenters. The topological polar surface area (TPSA) is 108 Å². The normalized spacial score (nSPS) is 10.5. The van der Waals surface area contributed by atoms with Crippen LogP contribution in [0.3, 0.4) is 0 Å². The Kier molecular flexibility index (Phi) is 4.29. The number of aromatic nitrogens is 2. The summed E-state index contributed by atoms with van der Waals surface area (Å²) >= 11 is 1.47. The lowest BCUT2D eigenvalue weighted by Crippen LogP contribution is -2.07. The van der Waals surface area contributed by atoms with Gasteiger partial charge in [0, 0.05) is 11.4 Å². The highest BCUT2D eigenvalue weighted by molar-refractivity contribution is 7.08. The lowest BCUT2D eigenvalue weighted by atomic mass is 10.2. The summed E-state index contributed by atoms with van der Waals surface area (Å²) in [6, 6.07) is 4.55. The Morgan fingerprint density at radius 2 is 2.25 bits per heavy atom. The first kappa shape index (κ1) is 15.7. The van der Waals surface area contributed by atoms with E-state index >= 15 is 0 Å². The van der Waals surface area contributed by atoms with E-state index in [0.717, 1.165) is 23.8 Å². The van der Waals surface area contributed by atoms with Gasteiger partial charge in [-0.1, -0.05) is 5.16 Å². The lowest BCUT2D eigenvalue weighted by molar-refractivity contribution is -0.387. The third kappa shape index (κ3) is 3.27. The fourth-order valence-corrected chi connectivity index (χ4v) is 2.44. The number of ether oxygens (including phenoxy) is 1. The second kappa shape index (κ2) is 6.54. The Balaban J connectivity index is 1.65. The molecule has 1 aromatic carbocycles. The van der Waals surface area contributed by atoms with Crippen molar-refractivity contribution < 1.29 is 23.4 Å². The van der Waals surface area contributed by atoms with Crippen molar-refractivity contribution in [2.75, 3.05) is 0 Å². The Morgan fingerprint density at radius 1 is 1.42 bits per heavy atom. The minimum atomic E-state index is -1.12. The summed E-state index contributed by atoms with van der Waals surface area (Å²) in [4.78, 5) is 25.6. The van der Waals surface area contributed by atoms with Crippen LogP contribution in [-0.4, -0.2) is 21.0 Å². The molecule has 0 N–H and O–H groups in total. The largest absolute Gasteiger partial charge is 0.454 e. The van der Waals surface area contributed by atoms with Gasteiger partial charge in [-0.2, -0.15) is 20.7 Å². The van der Waals surface area contributed by atoms with Gasteiger partial charge < -0.3 is 9.26 Å². The SMILES string of the molecule is O=C(OCc1noc(-c2ccsc2)n1)c1ccc([N+](=O)[O-])c(F)c1. The average molecular weight is 349 g/mol. The number of hydrogen-bond acceptors (Lipinski definition) is 8. The number of hydrogen-bond donors (Lipinski definition) is 0. The van der Waals surface area contributed by atoms with Crippen LogP contribution in [0.25, 0.3) is 11.5 Å². The van der Waals surface area contributed by atoms with Gasteiger partial charge in [-0.15, -0.1) is 0 Å². The van der Waals surface area contributed by atoms with Gasteiger partial charge in [0.2, 0.25) is 11.6 Å². The molecule has 0 bridgehead atoms. The maximum Gasteiger partial charge on any atom is 0.338 e. The van der Waals surface area contributed by atoms with Crippen molar-refractivity contribution >= 4 is 23.0 Å². The molecule has 0 amide bonds. The van der Waals surface area contributed by atoms with Gasteiger partial charge in [-0.3, -0.25) is 10.1 Å². The third-order valence-electron chi connectivity index (χ3n) is 2.95. The highest BCUT2D eigenvalue weighted by atomic mass is 32.1. The lowest BCUT2D eigenvalue weighted by Gasteiger charge is -2.02. The van der Waals surface area contributed by atoms with Crippen molar-refractivity contribution in [3.8, 4) is 11.5 Å². The molecule has 0 aliphatic carbocycles. The molecule has 0 atom stereocenters. The maximum absolute atomic E-state index is 13.5. The number of nitro groups is 1. The van der Waals surface area contributed by atoms with Gasteiger partial charge >= 0.3 is 11.7 Å². The van der Waals surface area contributed by atoms with Gasteiger partial charge in [-0.05, 0) is 23.6 Å². The molecular formula is C14H8FN3O5S. The van der Waals surface area contributed by atoms with E-state index < -0.39 is 22.4 Å². The number of rotatable bonds is 5. The molecule has 0 aliphatic rings. The van der Waals surface area contributed by atoms with Crippen LogP contribution >= 0.6 is 11.3 Å². The second-order valence-electron chi connectivity index (χ2n) is 4.53. The van der Waals surface area contributed by atoms with Gasteiger partial charge in [0.05, 0.1) is 16.1 Å². The van der Waals surface area contributed by atoms with E-state index in [4.69, 9.17) is 9.26 Å². The van der Waals surface area contributed by atoms with Crippen LogP contribution in [0.1, 0.15) is 16.2 Å². The monoisotopic (exact) mass is 349 g/mol. The van der Waals surface area contributed by atoms with Gasteiger partial charge in [0.1, 0.15) is 0 Å². The fourth-order valence-electron chi connectivity index (χ4n) is 1.81. The number of halogens is 1. The van der Waals surface area contributed by atoms with Crippen molar-refractivity contribution in [2.24, 2.45) is 0 Å². The minimum Gasteiger partial charge on any atom is -0.454 e. The van der Waals surface area contributed by atoms with E-state index in [9.17, 15) is 19.3 Å². The molecule has 122 valence electrons. The van der Waals surface area contributed by atoms with E-state index in [1.54, 1.807) is 6.07 Å². The Morgan fingerprint density at radius 3 is 2.92 bits per heavy atom. The quantitative estimate of drug-likeness (QED) is 0.395. The zero-order chi connectivity index (χ0) is 17.1. The Hall–Kier alpha value is -3.14. The number of nitrogens with zero attached hydrogens (tertiary/aromatic N) is 3. The zero-order valence-corrected chi connectivity index (χ0v) is 12.7. The van der Waals surface area contributed by atoms with Crippen LogP contribution in [0.15, 0.2) is 39.5 Å². The number of thiophene rings is 1. The molecule has 2 heterocycles. The van der Waals surface area contributed by atoms with Crippen molar-refractivity contribution in [3.05, 3.63) is 62.3 Å². The van der Waals surface area contributed by atoms with Crippen molar-refractivity contribution in [2.45, 2.75) is 6.61 Å². The molecule has 8 nitrogen and oxygen atoms in total. The molecule has 0 radical (unpaired) electrons. The summed E-state index contributed by atoms with van der Waals surface area (Å²) in [7, 11) is 0. The molecule has 3 aromatic rings. The predicted molar refractivity (Wildman–Crippen MR) is 79.8 cm³/mol. The molecule has 0 saturated heterocycles. The minimum absolute atomic E-state index is 0.145. The van der Waals surface area contributed by atoms with E-state index in [0.29, 0.717) is 5.89 Å². The highest BCUT2D eigenvalue weighted by Crippen LogP contribution is 2.21. The molecule has 0 fully saturated rings. The number of carbonyl (C=O) groups is 1. The maximum atomic E-state index is 13.5. The third-order valence-corrected chi connectivity index (χ3v) is 3.63. The summed E-state index contributed by atoms with van der Waals surface area (Å²) in [5.74, 6) is -1.53. The van der Waals surface area contributed by atoms with Crippen molar-refractivity contribution in [1.82, 2.24) is 10.1 Å². The Bertz CT molecular complexity index is 894. The summed E-state index contributed by atoms with van der Waals surface area (Å²) in [6.07, 6.45) is 0. The summed E-state index contributed by atoms with van der Waals surface area (Å²) in [5, 5.41) is 17.9. The molecule has 2 aromatic heterocycles. The number of benzene rings is 1. The number of esters is 1. The summed E-state index contributed by atoms with van der Waals surface area (Å²) in [5.41, 5.74) is -0.118. The van der Waals surface area contributed by atoms with E-state index in [1.807, 2.05) is 10.8 Å². The first-order valence-electron chi connectivity index (χ1n) is 6.51. The first-order chi connectivity index (χ1) is 11.5. The smallest absolute Gasteiger partial charge is 0.338 e. The second-order valence-corrected chi connectivity index (χ2v) is 5.31. The van der Waals surface area contributed by atoms with Gasteiger partial charge in [0.25, 0.3) is 5.89 Å². The molecule has 0 aliphatic heterocycles. The zero-order valence-electron chi connectivity index (χ0n) is 11.8. The van der Waals surface area contributed by atoms with Crippen molar-refractivity contribution in [3.63, 3.8) is 0 Å². The van der Waals surface area contributed by atoms with E-state index in [-0.39, 0.29) is 18.0 Å². The van der Waals surface area contributed by atoms with Crippen LogP contribution in [0.4, 0.5) is 10.1 Å². The van der Waals surface area contributed by atoms with Crippen LogP contribution in [0, 0.1) is 15.9 Å². The average Bonchev–Trinajstić information content (AvgIpc) is 3.23. The van der Waals surface area contributed by atoms with Gasteiger partial charge in [-0.25, -0.2) is 4.79 Å². The summed E-state index contributed by atoms with van der Waals surface area (Å²) in [6.45, 7) is -0.273. The number of nitro benzene ring substituents is 1. The Labute approximate surface area is 137 Å². The fraction of sp³-hybridized carbons (Fsp3) is 0.0714. The van der Waals surface area contributed by atoms with Crippen LogP contribution < -0.4 is 0 Å². The van der Waals surface area contributed by atoms with E-state index in [1.165, 1.54) is 11.3 Å². The first-order valence-corrected chi connectivity index (χ1v) is 7.45. The summed E-state index contributed by atoms with van der Waals surface area (Å²) < 4.78 is 23.5. The molecule has 0 spiro atoms. The van der Waals surface area contributed by atoms with Crippen LogP contribution in [0.2, 0.25) is 0 Å². The molecule has 0 saturated carbocycles. The van der Waals surface area contributed by atoms with E-state index in [2.05, 4.69) is 10.1 Å². The van der Waals surface area contributed by atoms with Crippen molar-refractivity contribution in [1.29, 1.82) is 0 Å². The number of carbonyl (C=O) groups excluding carboxylic acids is 1. The molecule has 3 rings (SSSR count). The molecule has 24 heavy (non-hydrogen) atoms. The van der Waals surface area contributed by atoms with Crippen LogP contribution in [-0.2, 0) is 11.3 Å². The highest BCUT2D eigenvalue weighted by Gasteiger charge is 2.18. The predicted octanol–water partition coefficient (Wildman–Crippen LogP) is 3.20.